The Hall–Kier alpha value is -2.48. The molecule has 2 heterocycles. The standard InChI is InChI=1S/C22H20BrF2NO4/c23-15-7-8-18(29-21(24)25)14(12-15)6-9-19(27)26-11-3-10-22(13-26)17-5-2-1-4-16(17)20(28)30-22/h1-2,4-5,7-8,12,21H,3,6,9-11,13H2. The molecule has 0 bridgehead atoms. The van der Waals surface area contributed by atoms with Gasteiger partial charge in [-0.05, 0) is 49.1 Å². The third-order valence-corrected chi connectivity index (χ3v) is 6.07. The van der Waals surface area contributed by atoms with Crippen LogP contribution in [0.2, 0.25) is 0 Å². The van der Waals surface area contributed by atoms with Crippen molar-refractivity contribution in [2.24, 2.45) is 0 Å². The molecule has 1 saturated heterocycles. The lowest BCUT2D eigenvalue weighted by Crippen LogP contribution is -2.48. The Labute approximate surface area is 181 Å². The number of esters is 1. The maximum absolute atomic E-state index is 12.9. The molecule has 1 spiro atoms. The number of rotatable bonds is 5. The third-order valence-electron chi connectivity index (χ3n) is 5.58. The van der Waals surface area contributed by atoms with Crippen LogP contribution in [-0.4, -0.2) is 36.5 Å². The van der Waals surface area contributed by atoms with E-state index in [4.69, 9.17) is 4.74 Å². The van der Waals surface area contributed by atoms with E-state index >= 15 is 0 Å². The molecule has 1 atom stereocenters. The maximum atomic E-state index is 12.9. The summed E-state index contributed by atoms with van der Waals surface area (Å²) in [5.74, 6) is -0.407. The van der Waals surface area contributed by atoms with Crippen molar-refractivity contribution >= 4 is 27.8 Å². The number of carbonyl (C=O) groups is 2. The van der Waals surface area contributed by atoms with E-state index in [0.717, 1.165) is 10.0 Å². The van der Waals surface area contributed by atoms with Crippen molar-refractivity contribution in [1.82, 2.24) is 4.90 Å². The summed E-state index contributed by atoms with van der Waals surface area (Å²) in [6, 6.07) is 12.0. The summed E-state index contributed by atoms with van der Waals surface area (Å²) in [7, 11) is 0. The Balaban J connectivity index is 1.47. The van der Waals surface area contributed by atoms with E-state index in [1.807, 2.05) is 12.1 Å². The zero-order chi connectivity index (χ0) is 21.3. The van der Waals surface area contributed by atoms with E-state index in [0.29, 0.717) is 37.1 Å². The Bertz CT molecular complexity index is 983. The van der Waals surface area contributed by atoms with Gasteiger partial charge in [-0.15, -0.1) is 0 Å². The molecule has 2 aromatic rings. The van der Waals surface area contributed by atoms with Crippen molar-refractivity contribution < 1.29 is 27.8 Å². The van der Waals surface area contributed by atoms with E-state index in [1.54, 1.807) is 29.2 Å². The number of likely N-dealkylation sites (tertiary alicyclic amines) is 1. The molecule has 0 aromatic heterocycles. The minimum atomic E-state index is -2.93. The second-order valence-corrected chi connectivity index (χ2v) is 8.39. The van der Waals surface area contributed by atoms with Crippen LogP contribution in [0.5, 0.6) is 5.75 Å². The van der Waals surface area contributed by atoms with Crippen LogP contribution < -0.4 is 4.74 Å². The number of aryl methyl sites for hydroxylation is 1. The van der Waals surface area contributed by atoms with E-state index in [-0.39, 0.29) is 30.5 Å². The molecule has 0 saturated carbocycles. The molecule has 5 nitrogen and oxygen atoms in total. The average molecular weight is 480 g/mol. The fourth-order valence-corrected chi connectivity index (χ4v) is 4.65. The lowest BCUT2D eigenvalue weighted by Gasteiger charge is -2.39. The van der Waals surface area contributed by atoms with Crippen LogP contribution in [0.25, 0.3) is 0 Å². The Morgan fingerprint density at radius 3 is 2.87 bits per heavy atom. The van der Waals surface area contributed by atoms with Gasteiger partial charge in [0, 0.05) is 23.0 Å². The van der Waals surface area contributed by atoms with E-state index in [2.05, 4.69) is 20.7 Å². The fraction of sp³-hybridized carbons (Fsp3) is 0.364. The average Bonchev–Trinajstić information content (AvgIpc) is 2.99. The van der Waals surface area contributed by atoms with Crippen molar-refractivity contribution in [3.05, 3.63) is 63.6 Å². The number of ether oxygens (including phenoxy) is 2. The number of amides is 1. The molecule has 2 aliphatic rings. The monoisotopic (exact) mass is 479 g/mol. The summed E-state index contributed by atoms with van der Waals surface area (Å²) in [6.07, 6.45) is 1.78. The largest absolute Gasteiger partial charge is 0.449 e. The van der Waals surface area contributed by atoms with Gasteiger partial charge in [0.05, 0.1) is 12.1 Å². The highest BCUT2D eigenvalue weighted by Gasteiger charge is 2.48. The highest BCUT2D eigenvalue weighted by atomic mass is 79.9. The predicted molar refractivity (Wildman–Crippen MR) is 108 cm³/mol. The molecule has 1 amide bonds. The zero-order valence-electron chi connectivity index (χ0n) is 16.1. The Kier molecular flexibility index (Phi) is 5.77. The normalized spacial score (nSPS) is 20.4. The first-order chi connectivity index (χ1) is 14.4. The van der Waals surface area contributed by atoms with Gasteiger partial charge in [-0.3, -0.25) is 4.79 Å². The van der Waals surface area contributed by atoms with Crippen molar-refractivity contribution in [2.45, 2.75) is 37.9 Å². The van der Waals surface area contributed by atoms with Gasteiger partial charge in [0.25, 0.3) is 0 Å². The van der Waals surface area contributed by atoms with Crippen molar-refractivity contribution in [2.75, 3.05) is 13.1 Å². The van der Waals surface area contributed by atoms with Crippen LogP contribution in [0.4, 0.5) is 8.78 Å². The van der Waals surface area contributed by atoms with Gasteiger partial charge in [-0.1, -0.05) is 34.1 Å². The number of piperidine rings is 1. The lowest BCUT2D eigenvalue weighted by molar-refractivity contribution is -0.138. The number of alkyl halides is 2. The zero-order valence-corrected chi connectivity index (χ0v) is 17.7. The summed E-state index contributed by atoms with van der Waals surface area (Å²) >= 11 is 3.32. The molecule has 0 radical (unpaired) electrons. The number of fused-ring (bicyclic) bond motifs is 2. The first-order valence-electron chi connectivity index (χ1n) is 9.72. The molecule has 8 heteroatoms. The first kappa shape index (κ1) is 20.8. The summed E-state index contributed by atoms with van der Waals surface area (Å²) in [6.45, 7) is -2.06. The number of benzene rings is 2. The molecule has 30 heavy (non-hydrogen) atoms. The van der Waals surface area contributed by atoms with E-state index in [9.17, 15) is 18.4 Å². The highest BCUT2D eigenvalue weighted by molar-refractivity contribution is 9.10. The number of nitrogens with zero attached hydrogens (tertiary/aromatic N) is 1. The number of hydrogen-bond donors (Lipinski definition) is 0. The van der Waals surface area contributed by atoms with Gasteiger partial charge < -0.3 is 14.4 Å². The van der Waals surface area contributed by atoms with Crippen LogP contribution in [0.3, 0.4) is 0 Å². The SMILES string of the molecule is O=C1OC2(CCCN(C(=O)CCc3cc(Br)ccc3OC(F)F)C2)c2ccccc21. The Morgan fingerprint density at radius 1 is 1.27 bits per heavy atom. The molecule has 2 aliphatic heterocycles. The molecule has 1 fully saturated rings. The summed E-state index contributed by atoms with van der Waals surface area (Å²) in [4.78, 5) is 26.9. The molecule has 2 aromatic carbocycles. The van der Waals surface area contributed by atoms with Gasteiger partial charge in [0.1, 0.15) is 5.75 Å². The third kappa shape index (κ3) is 4.05. The Morgan fingerprint density at radius 2 is 2.07 bits per heavy atom. The molecule has 158 valence electrons. The van der Waals surface area contributed by atoms with Crippen molar-refractivity contribution in [3.63, 3.8) is 0 Å². The minimum Gasteiger partial charge on any atom is -0.449 e. The van der Waals surface area contributed by atoms with Gasteiger partial charge in [0.15, 0.2) is 5.60 Å². The summed E-state index contributed by atoms with van der Waals surface area (Å²) < 4.78 is 36.4. The predicted octanol–water partition coefficient (Wildman–Crippen LogP) is 4.67. The highest BCUT2D eigenvalue weighted by Crippen LogP contribution is 2.43. The number of hydrogen-bond acceptors (Lipinski definition) is 4. The summed E-state index contributed by atoms with van der Waals surface area (Å²) in [5.41, 5.74) is 1.10. The van der Waals surface area contributed by atoms with Gasteiger partial charge in [-0.2, -0.15) is 8.78 Å². The van der Waals surface area contributed by atoms with Crippen LogP contribution in [0.1, 0.15) is 40.7 Å². The summed E-state index contributed by atoms with van der Waals surface area (Å²) in [5, 5.41) is 0. The molecular weight excluding hydrogens is 460 g/mol. The number of halogens is 3. The van der Waals surface area contributed by atoms with E-state index < -0.39 is 12.2 Å². The minimum absolute atomic E-state index is 0.0646. The fourth-order valence-electron chi connectivity index (χ4n) is 4.24. The van der Waals surface area contributed by atoms with Crippen LogP contribution >= 0.6 is 15.9 Å². The second-order valence-electron chi connectivity index (χ2n) is 7.48. The quantitative estimate of drug-likeness (QED) is 0.584. The first-order valence-corrected chi connectivity index (χ1v) is 10.5. The van der Waals surface area contributed by atoms with Gasteiger partial charge >= 0.3 is 12.6 Å². The molecule has 1 unspecified atom stereocenters. The maximum Gasteiger partial charge on any atom is 0.387 e. The van der Waals surface area contributed by atoms with Crippen molar-refractivity contribution in [3.8, 4) is 5.75 Å². The number of carbonyl (C=O) groups excluding carboxylic acids is 2. The van der Waals surface area contributed by atoms with Gasteiger partial charge in [-0.25, -0.2) is 4.79 Å². The topological polar surface area (TPSA) is 55.8 Å². The van der Waals surface area contributed by atoms with Crippen LogP contribution in [-0.2, 0) is 21.6 Å². The van der Waals surface area contributed by atoms with E-state index in [1.165, 1.54) is 6.07 Å². The molecule has 4 rings (SSSR count). The van der Waals surface area contributed by atoms with Crippen LogP contribution in [0, 0.1) is 0 Å². The molecule has 0 N–H and O–H groups in total. The van der Waals surface area contributed by atoms with Crippen LogP contribution in [0.15, 0.2) is 46.9 Å². The van der Waals surface area contributed by atoms with Gasteiger partial charge in [0.2, 0.25) is 5.91 Å². The lowest BCUT2D eigenvalue weighted by atomic mass is 9.85. The molecule has 0 aliphatic carbocycles. The second kappa shape index (κ2) is 8.34. The van der Waals surface area contributed by atoms with Crippen molar-refractivity contribution in [1.29, 1.82) is 0 Å². The molecular formula is C22H20BrF2NO4. The smallest absolute Gasteiger partial charge is 0.387 e.